The monoisotopic (exact) mass is 491 g/mol. The summed E-state index contributed by atoms with van der Waals surface area (Å²) < 4.78 is 8.22. The van der Waals surface area contributed by atoms with E-state index in [2.05, 4.69) is 48.4 Å². The summed E-state index contributed by atoms with van der Waals surface area (Å²) in [5, 5.41) is 7.46. The number of hydrogen-bond donors (Lipinski definition) is 2. The molecule has 3 aromatic rings. The lowest BCUT2D eigenvalue weighted by Crippen LogP contribution is -2.55. The lowest BCUT2D eigenvalue weighted by Gasteiger charge is -2.41. The van der Waals surface area contributed by atoms with E-state index in [1.54, 1.807) is 4.57 Å². The van der Waals surface area contributed by atoms with Crippen molar-refractivity contribution >= 4 is 10.9 Å². The van der Waals surface area contributed by atoms with Crippen LogP contribution in [0.5, 0.6) is 5.75 Å². The highest BCUT2D eigenvalue weighted by atomic mass is 16.5. The van der Waals surface area contributed by atoms with E-state index in [4.69, 9.17) is 9.72 Å². The molecule has 0 bridgehead atoms. The minimum atomic E-state index is -0.0845. The zero-order valence-electron chi connectivity index (χ0n) is 22.3. The summed E-state index contributed by atoms with van der Waals surface area (Å²) in [7, 11) is 3.81. The fourth-order valence-corrected chi connectivity index (χ4v) is 5.41. The van der Waals surface area contributed by atoms with Gasteiger partial charge in [-0.05, 0) is 51.6 Å². The Kier molecular flexibility index (Phi) is 8.77. The molecule has 1 fully saturated rings. The number of ether oxygens (including phenoxy) is 1. The van der Waals surface area contributed by atoms with E-state index in [0.29, 0.717) is 23.0 Å². The van der Waals surface area contributed by atoms with Gasteiger partial charge < -0.3 is 15.4 Å². The van der Waals surface area contributed by atoms with Gasteiger partial charge in [0.2, 0.25) is 0 Å². The van der Waals surface area contributed by atoms with Crippen molar-refractivity contribution in [1.82, 2.24) is 25.1 Å². The van der Waals surface area contributed by atoms with Gasteiger partial charge in [0.05, 0.1) is 16.9 Å². The van der Waals surface area contributed by atoms with Gasteiger partial charge in [-0.15, -0.1) is 0 Å². The molecular formula is C29H41N5O2. The number of rotatable bonds is 10. The second-order valence-electron chi connectivity index (χ2n) is 10.1. The van der Waals surface area contributed by atoms with Crippen molar-refractivity contribution in [3.8, 4) is 5.75 Å². The largest absolute Gasteiger partial charge is 0.486 e. The molecule has 2 heterocycles. The van der Waals surface area contributed by atoms with E-state index in [9.17, 15) is 4.79 Å². The number of hydrogen-bond acceptors (Lipinski definition) is 6. The molecule has 0 aliphatic carbocycles. The van der Waals surface area contributed by atoms with Crippen molar-refractivity contribution in [2.75, 3.05) is 26.7 Å². The number of nitrogens with zero attached hydrogens (tertiary/aromatic N) is 3. The minimum absolute atomic E-state index is 0.00585. The van der Waals surface area contributed by atoms with Crippen LogP contribution < -0.4 is 20.9 Å². The van der Waals surface area contributed by atoms with E-state index in [1.165, 1.54) is 0 Å². The maximum absolute atomic E-state index is 13.4. The van der Waals surface area contributed by atoms with Gasteiger partial charge in [0, 0.05) is 44.7 Å². The summed E-state index contributed by atoms with van der Waals surface area (Å²) in [6.45, 7) is 9.36. The van der Waals surface area contributed by atoms with Crippen LogP contribution in [0.25, 0.3) is 10.9 Å². The Balaban J connectivity index is 1.70. The number of nitrogens with one attached hydrogen (secondary N) is 2. The fourth-order valence-electron chi connectivity index (χ4n) is 5.41. The molecule has 7 heteroatoms. The molecule has 1 aliphatic heterocycles. The first kappa shape index (κ1) is 26.3. The van der Waals surface area contributed by atoms with Gasteiger partial charge in [0.1, 0.15) is 17.7 Å². The van der Waals surface area contributed by atoms with Crippen molar-refractivity contribution in [3.05, 3.63) is 70.3 Å². The van der Waals surface area contributed by atoms with E-state index >= 15 is 0 Å². The molecule has 0 saturated carbocycles. The molecule has 0 unspecified atom stereocenters. The van der Waals surface area contributed by atoms with Gasteiger partial charge >= 0.3 is 0 Å². The quantitative estimate of drug-likeness (QED) is 0.443. The average molecular weight is 492 g/mol. The molecule has 7 nitrogen and oxygen atoms in total. The average Bonchev–Trinajstić information content (AvgIpc) is 2.87. The van der Waals surface area contributed by atoms with Gasteiger partial charge in [-0.3, -0.25) is 14.3 Å². The van der Waals surface area contributed by atoms with Crippen LogP contribution in [0.1, 0.15) is 63.6 Å². The number of piperazine rings is 1. The van der Waals surface area contributed by atoms with Gasteiger partial charge in [-0.25, -0.2) is 4.98 Å². The first-order valence-electron chi connectivity index (χ1n) is 13.3. The molecule has 1 aromatic heterocycles. The van der Waals surface area contributed by atoms with Crippen LogP contribution in [0.4, 0.5) is 0 Å². The van der Waals surface area contributed by atoms with Crippen LogP contribution in [0.3, 0.4) is 0 Å². The molecule has 0 amide bonds. The van der Waals surface area contributed by atoms with Crippen molar-refractivity contribution in [2.45, 2.75) is 64.3 Å². The third-order valence-corrected chi connectivity index (χ3v) is 7.08. The summed E-state index contributed by atoms with van der Waals surface area (Å²) in [4.78, 5) is 21.0. The van der Waals surface area contributed by atoms with E-state index in [1.807, 2.05) is 50.5 Å². The smallest absolute Gasteiger partial charge is 0.261 e. The summed E-state index contributed by atoms with van der Waals surface area (Å²) >= 11 is 0. The summed E-state index contributed by atoms with van der Waals surface area (Å²) in [5.41, 5.74) is 1.83. The first-order chi connectivity index (χ1) is 17.4. The Morgan fingerprint density at radius 1 is 1.11 bits per heavy atom. The SMILES string of the molecule is CCC[C@@H](c1nc2cc(O[C@H](CCNC)c3ccccc3)ccc2c(=O)n1C)N1C[C@@H](C)N[C@@H](C)C1. The van der Waals surface area contributed by atoms with Crippen LogP contribution in [0, 0.1) is 0 Å². The van der Waals surface area contributed by atoms with E-state index in [-0.39, 0.29) is 17.7 Å². The van der Waals surface area contributed by atoms with Crippen LogP contribution in [0.15, 0.2) is 53.3 Å². The second kappa shape index (κ2) is 12.0. The van der Waals surface area contributed by atoms with Gasteiger partial charge in [-0.2, -0.15) is 0 Å². The lowest BCUT2D eigenvalue weighted by molar-refractivity contribution is 0.109. The molecule has 0 spiro atoms. The maximum Gasteiger partial charge on any atom is 0.261 e. The third kappa shape index (κ3) is 5.97. The van der Waals surface area contributed by atoms with Gasteiger partial charge in [0.15, 0.2) is 0 Å². The van der Waals surface area contributed by atoms with E-state index in [0.717, 1.165) is 56.0 Å². The molecular weight excluding hydrogens is 450 g/mol. The van der Waals surface area contributed by atoms with Gasteiger partial charge in [0.25, 0.3) is 5.56 Å². The number of aromatic nitrogens is 2. The standard InChI is InChI=1S/C29H41N5O2/c1-6-10-26(34-18-20(2)31-21(3)19-34)28-32-25-17-23(13-14-24(25)29(35)33(28)5)36-27(15-16-30-4)22-11-8-7-9-12-22/h7-9,11-14,17,20-21,26-27,30-31H,6,10,15-16,18-19H2,1-5H3/t20-,21+,26-,27+/m0/s1. The highest BCUT2D eigenvalue weighted by molar-refractivity contribution is 5.79. The molecule has 0 radical (unpaired) electrons. The molecule has 2 aromatic carbocycles. The predicted octanol–water partition coefficient (Wildman–Crippen LogP) is 4.19. The zero-order chi connectivity index (χ0) is 25.7. The first-order valence-corrected chi connectivity index (χ1v) is 13.3. The van der Waals surface area contributed by atoms with Gasteiger partial charge in [-0.1, -0.05) is 43.7 Å². The fraction of sp³-hybridized carbons (Fsp3) is 0.517. The normalized spacial score (nSPS) is 20.4. The summed E-state index contributed by atoms with van der Waals surface area (Å²) in [6.07, 6.45) is 2.74. The van der Waals surface area contributed by atoms with Crippen molar-refractivity contribution in [3.63, 3.8) is 0 Å². The Morgan fingerprint density at radius 3 is 2.50 bits per heavy atom. The van der Waals surface area contributed by atoms with E-state index < -0.39 is 0 Å². The molecule has 194 valence electrons. The van der Waals surface area contributed by atoms with Crippen molar-refractivity contribution < 1.29 is 4.74 Å². The Morgan fingerprint density at radius 2 is 1.83 bits per heavy atom. The van der Waals surface area contributed by atoms with Crippen molar-refractivity contribution in [2.24, 2.45) is 7.05 Å². The molecule has 4 rings (SSSR count). The zero-order valence-corrected chi connectivity index (χ0v) is 22.3. The van der Waals surface area contributed by atoms with Crippen LogP contribution >= 0.6 is 0 Å². The molecule has 36 heavy (non-hydrogen) atoms. The Labute approximate surface area is 214 Å². The Bertz CT molecular complexity index is 1190. The topological polar surface area (TPSA) is 71.4 Å². The molecule has 1 aliphatic rings. The molecule has 4 atom stereocenters. The minimum Gasteiger partial charge on any atom is -0.486 e. The number of benzene rings is 2. The highest BCUT2D eigenvalue weighted by Crippen LogP contribution is 2.29. The second-order valence-corrected chi connectivity index (χ2v) is 10.1. The number of fused-ring (bicyclic) bond motifs is 1. The maximum atomic E-state index is 13.4. The molecule has 2 N–H and O–H groups in total. The predicted molar refractivity (Wildman–Crippen MR) is 147 cm³/mol. The lowest BCUT2D eigenvalue weighted by atomic mass is 10.0. The highest BCUT2D eigenvalue weighted by Gasteiger charge is 2.30. The third-order valence-electron chi connectivity index (χ3n) is 7.08. The Hall–Kier alpha value is -2.74. The van der Waals surface area contributed by atoms with Crippen molar-refractivity contribution in [1.29, 1.82) is 0 Å². The van der Waals surface area contributed by atoms with Crippen LogP contribution in [0.2, 0.25) is 0 Å². The van der Waals surface area contributed by atoms with Crippen LogP contribution in [-0.2, 0) is 7.05 Å². The molecule has 1 saturated heterocycles. The van der Waals surface area contributed by atoms with Crippen LogP contribution in [-0.4, -0.2) is 53.2 Å². The summed E-state index contributed by atoms with van der Waals surface area (Å²) in [6, 6.07) is 16.9. The summed E-state index contributed by atoms with van der Waals surface area (Å²) in [5.74, 6) is 1.57.